The summed E-state index contributed by atoms with van der Waals surface area (Å²) in [5, 5.41) is 12.8. The molecule has 1 unspecified atom stereocenters. The van der Waals surface area contributed by atoms with E-state index < -0.39 is 17.4 Å². The first-order valence-electron chi connectivity index (χ1n) is 6.58. The molecule has 0 fully saturated rings. The van der Waals surface area contributed by atoms with E-state index in [2.05, 4.69) is 10.3 Å². The van der Waals surface area contributed by atoms with E-state index in [9.17, 15) is 14.7 Å². The lowest BCUT2D eigenvalue weighted by molar-refractivity contribution is -0.141. The van der Waals surface area contributed by atoms with Gasteiger partial charge in [-0.25, -0.2) is 9.78 Å². The average Bonchev–Trinajstić information content (AvgIpc) is 2.45. The van der Waals surface area contributed by atoms with Gasteiger partial charge in [-0.2, -0.15) is 0 Å². The first kappa shape index (κ1) is 14.8. The van der Waals surface area contributed by atoms with Crippen LogP contribution in [-0.2, 0) is 4.79 Å². The van der Waals surface area contributed by atoms with Gasteiger partial charge in [0.1, 0.15) is 11.4 Å². The molecular formula is C15H17N3O3. The number of carboxylic acid groups (broad SMARTS) is 1. The van der Waals surface area contributed by atoms with Crippen LogP contribution in [0.3, 0.4) is 0 Å². The van der Waals surface area contributed by atoms with Crippen molar-refractivity contribution in [3.05, 3.63) is 35.9 Å². The van der Waals surface area contributed by atoms with Crippen molar-refractivity contribution in [1.29, 1.82) is 0 Å². The van der Waals surface area contributed by atoms with Gasteiger partial charge >= 0.3 is 5.97 Å². The Kier molecular flexibility index (Phi) is 3.80. The van der Waals surface area contributed by atoms with E-state index >= 15 is 0 Å². The number of para-hydroxylation sites is 1. The van der Waals surface area contributed by atoms with Crippen molar-refractivity contribution in [2.45, 2.75) is 25.8 Å². The number of rotatable bonds is 5. The van der Waals surface area contributed by atoms with E-state index in [0.29, 0.717) is 28.7 Å². The molecule has 0 aliphatic rings. The van der Waals surface area contributed by atoms with Crippen molar-refractivity contribution in [1.82, 2.24) is 4.98 Å². The second-order valence-electron chi connectivity index (χ2n) is 5.05. The summed E-state index contributed by atoms with van der Waals surface area (Å²) in [6.45, 7) is 3.33. The lowest BCUT2D eigenvalue weighted by Gasteiger charge is -2.25. The van der Waals surface area contributed by atoms with E-state index in [1.807, 2.05) is 0 Å². The number of hydrogen-bond acceptors (Lipinski definition) is 4. The summed E-state index contributed by atoms with van der Waals surface area (Å²) >= 11 is 0. The molecule has 0 aliphatic carbocycles. The minimum Gasteiger partial charge on any atom is -0.480 e. The van der Waals surface area contributed by atoms with Crippen molar-refractivity contribution in [3.63, 3.8) is 0 Å². The van der Waals surface area contributed by atoms with Crippen LogP contribution in [0.2, 0.25) is 0 Å². The van der Waals surface area contributed by atoms with Gasteiger partial charge in [0.05, 0.1) is 11.1 Å². The highest BCUT2D eigenvalue weighted by molar-refractivity contribution is 6.06. The molecule has 110 valence electrons. The molecule has 6 nitrogen and oxygen atoms in total. The third-order valence-electron chi connectivity index (χ3n) is 3.56. The summed E-state index contributed by atoms with van der Waals surface area (Å²) in [4.78, 5) is 27.3. The smallest absolute Gasteiger partial charge is 0.329 e. The van der Waals surface area contributed by atoms with Crippen molar-refractivity contribution < 1.29 is 14.7 Å². The lowest BCUT2D eigenvalue weighted by atomic mass is 9.99. The number of carboxylic acids is 1. The number of carbonyl (C=O) groups is 2. The zero-order valence-electron chi connectivity index (χ0n) is 11.9. The summed E-state index contributed by atoms with van der Waals surface area (Å²) in [6, 6.07) is 8.57. The molecule has 2 rings (SSSR count). The first-order chi connectivity index (χ1) is 9.87. The predicted molar refractivity (Wildman–Crippen MR) is 80.2 cm³/mol. The van der Waals surface area contributed by atoms with E-state index in [0.717, 1.165) is 0 Å². The number of aliphatic carboxylic acids is 1. The van der Waals surface area contributed by atoms with E-state index in [-0.39, 0.29) is 0 Å². The van der Waals surface area contributed by atoms with E-state index in [4.69, 9.17) is 5.73 Å². The van der Waals surface area contributed by atoms with Crippen LogP contribution in [0.1, 0.15) is 30.6 Å². The van der Waals surface area contributed by atoms with Crippen molar-refractivity contribution in [2.24, 2.45) is 5.73 Å². The monoisotopic (exact) mass is 287 g/mol. The quantitative estimate of drug-likeness (QED) is 0.780. The maximum absolute atomic E-state index is 11.6. The lowest BCUT2D eigenvalue weighted by Crippen LogP contribution is -2.43. The molecule has 4 N–H and O–H groups in total. The molecule has 1 atom stereocenters. The van der Waals surface area contributed by atoms with Gasteiger partial charge in [0.2, 0.25) is 5.91 Å². The van der Waals surface area contributed by atoms with Crippen molar-refractivity contribution >= 4 is 28.6 Å². The Balaban J connectivity index is 2.55. The van der Waals surface area contributed by atoms with Crippen molar-refractivity contribution in [3.8, 4) is 0 Å². The van der Waals surface area contributed by atoms with Crippen LogP contribution in [0, 0.1) is 0 Å². The Morgan fingerprint density at radius 2 is 2.05 bits per heavy atom. The van der Waals surface area contributed by atoms with Crippen LogP contribution in [-0.4, -0.2) is 27.5 Å². The van der Waals surface area contributed by atoms with Gasteiger partial charge in [0.15, 0.2) is 0 Å². The molecule has 21 heavy (non-hydrogen) atoms. The second kappa shape index (κ2) is 5.40. The summed E-state index contributed by atoms with van der Waals surface area (Å²) in [7, 11) is 0. The first-order valence-corrected chi connectivity index (χ1v) is 6.58. The van der Waals surface area contributed by atoms with Crippen LogP contribution in [0.15, 0.2) is 30.3 Å². The van der Waals surface area contributed by atoms with Gasteiger partial charge in [-0.05, 0) is 25.5 Å². The highest BCUT2D eigenvalue weighted by Gasteiger charge is 2.31. The molecule has 0 saturated carbocycles. The van der Waals surface area contributed by atoms with Crippen LogP contribution in [0.4, 0.5) is 5.82 Å². The van der Waals surface area contributed by atoms with Gasteiger partial charge in [-0.15, -0.1) is 0 Å². The van der Waals surface area contributed by atoms with Gasteiger partial charge in [-0.3, -0.25) is 4.79 Å². The normalized spacial score (nSPS) is 13.6. The fourth-order valence-corrected chi connectivity index (χ4v) is 2.02. The van der Waals surface area contributed by atoms with Gasteiger partial charge in [0.25, 0.3) is 0 Å². The molecule has 0 bridgehead atoms. The summed E-state index contributed by atoms with van der Waals surface area (Å²) in [5.74, 6) is -1.25. The molecule has 1 aromatic heterocycles. The largest absolute Gasteiger partial charge is 0.480 e. The number of nitrogens with two attached hydrogens (primary N) is 1. The molecule has 0 saturated heterocycles. The van der Waals surface area contributed by atoms with E-state index in [1.54, 1.807) is 38.1 Å². The fraction of sp³-hybridized carbons (Fsp3) is 0.267. The SMILES string of the molecule is CCC(C)(Nc1cc(C(N)=O)c2ccccc2n1)C(=O)O. The summed E-state index contributed by atoms with van der Waals surface area (Å²) in [5.41, 5.74) is 5.13. The summed E-state index contributed by atoms with van der Waals surface area (Å²) in [6.07, 6.45) is 0.364. The summed E-state index contributed by atoms with van der Waals surface area (Å²) < 4.78 is 0. The number of aromatic nitrogens is 1. The average molecular weight is 287 g/mol. The van der Waals surface area contributed by atoms with Gasteiger partial charge < -0.3 is 16.2 Å². The van der Waals surface area contributed by atoms with Crippen LogP contribution >= 0.6 is 0 Å². The maximum Gasteiger partial charge on any atom is 0.329 e. The third kappa shape index (κ3) is 2.79. The molecule has 6 heteroatoms. The Morgan fingerprint density at radius 3 is 2.62 bits per heavy atom. The molecule has 0 radical (unpaired) electrons. The zero-order valence-corrected chi connectivity index (χ0v) is 11.9. The number of nitrogens with zero attached hydrogens (tertiary/aromatic N) is 1. The Bertz CT molecular complexity index is 714. The Labute approximate surface area is 122 Å². The number of benzene rings is 1. The highest BCUT2D eigenvalue weighted by atomic mass is 16.4. The van der Waals surface area contributed by atoms with Crippen LogP contribution < -0.4 is 11.1 Å². The van der Waals surface area contributed by atoms with Crippen molar-refractivity contribution in [2.75, 3.05) is 5.32 Å². The Hall–Kier alpha value is -2.63. The minimum atomic E-state index is -1.16. The topological polar surface area (TPSA) is 105 Å². The number of amides is 1. The molecule has 1 aromatic carbocycles. The predicted octanol–water partition coefficient (Wildman–Crippen LogP) is 2.00. The molecule has 1 heterocycles. The Morgan fingerprint density at radius 1 is 1.38 bits per heavy atom. The van der Waals surface area contributed by atoms with Crippen LogP contribution in [0.5, 0.6) is 0 Å². The van der Waals surface area contributed by atoms with E-state index in [1.165, 1.54) is 6.07 Å². The highest BCUT2D eigenvalue weighted by Crippen LogP contribution is 2.23. The standard InChI is InChI=1S/C15H17N3O3/c1-3-15(2,14(20)21)18-12-8-10(13(16)19)9-6-4-5-7-11(9)17-12/h4-8H,3H2,1-2H3,(H2,16,19)(H,17,18)(H,20,21). The number of hydrogen-bond donors (Lipinski definition) is 3. The maximum atomic E-state index is 11.6. The second-order valence-corrected chi connectivity index (χ2v) is 5.05. The third-order valence-corrected chi connectivity index (χ3v) is 3.56. The number of primary amides is 1. The number of nitrogens with one attached hydrogen (secondary N) is 1. The fourth-order valence-electron chi connectivity index (χ4n) is 2.02. The number of pyridine rings is 1. The minimum absolute atomic E-state index is 0.312. The zero-order chi connectivity index (χ0) is 15.6. The number of fused-ring (bicyclic) bond motifs is 1. The number of anilines is 1. The molecule has 2 aromatic rings. The van der Waals surface area contributed by atoms with Gasteiger partial charge in [-0.1, -0.05) is 25.1 Å². The molecular weight excluding hydrogens is 270 g/mol. The molecule has 1 amide bonds. The molecule has 0 aliphatic heterocycles. The van der Waals surface area contributed by atoms with Gasteiger partial charge in [0, 0.05) is 5.39 Å². The molecule has 0 spiro atoms. The number of carbonyl (C=O) groups excluding carboxylic acids is 1. The van der Waals surface area contributed by atoms with Crippen LogP contribution in [0.25, 0.3) is 10.9 Å².